The van der Waals surface area contributed by atoms with E-state index in [0.717, 1.165) is 36.6 Å². The molecule has 4 nitrogen and oxygen atoms in total. The summed E-state index contributed by atoms with van der Waals surface area (Å²) in [5, 5.41) is 4.52. The van der Waals surface area contributed by atoms with E-state index in [0.29, 0.717) is 0 Å². The summed E-state index contributed by atoms with van der Waals surface area (Å²) in [4.78, 5) is 2.37. The van der Waals surface area contributed by atoms with Crippen molar-refractivity contribution < 1.29 is 0 Å². The van der Waals surface area contributed by atoms with Crippen molar-refractivity contribution in [1.82, 2.24) is 19.2 Å². The van der Waals surface area contributed by atoms with E-state index >= 15 is 0 Å². The predicted octanol–water partition coefficient (Wildman–Crippen LogP) is 4.46. The first kappa shape index (κ1) is 16.9. The molecular weight excluding hydrogens is 340 g/mol. The number of nitrogens with zero attached hydrogens (tertiary/aromatic N) is 4. The Labute approximate surface area is 159 Å². The van der Waals surface area contributed by atoms with Gasteiger partial charge in [-0.05, 0) is 48.3 Å². The van der Waals surface area contributed by atoms with Gasteiger partial charge in [0.25, 0.3) is 0 Å². The first-order chi connectivity index (χ1) is 12.7. The van der Waals surface area contributed by atoms with E-state index in [-0.39, 0.29) is 0 Å². The zero-order valence-electron chi connectivity index (χ0n) is 14.9. The maximum absolute atomic E-state index is 5.66. The second-order valence-corrected chi connectivity index (χ2v) is 7.00. The fourth-order valence-electron chi connectivity index (χ4n) is 3.38. The largest absolute Gasteiger partial charge is 0.280 e. The van der Waals surface area contributed by atoms with Crippen LogP contribution in [-0.2, 0) is 6.67 Å². The topological polar surface area (TPSA) is 26.0 Å². The van der Waals surface area contributed by atoms with Crippen LogP contribution < -0.4 is 0 Å². The fourth-order valence-corrected chi connectivity index (χ4v) is 3.63. The number of hydrogen-bond donors (Lipinski definition) is 0. The number of aryl methyl sites for hydroxylation is 1. The van der Waals surface area contributed by atoms with Gasteiger partial charge in [-0.15, -0.1) is 0 Å². The maximum Gasteiger partial charge on any atom is 0.203 e. The fraction of sp³-hybridized carbons (Fsp3) is 0.238. The summed E-state index contributed by atoms with van der Waals surface area (Å²) in [6.07, 6.45) is 5.19. The van der Waals surface area contributed by atoms with Crippen molar-refractivity contribution in [2.24, 2.45) is 0 Å². The van der Waals surface area contributed by atoms with E-state index in [1.807, 2.05) is 27.7 Å². The number of para-hydroxylation sites is 1. The quantitative estimate of drug-likeness (QED) is 0.641. The van der Waals surface area contributed by atoms with Crippen LogP contribution in [0.3, 0.4) is 0 Å². The van der Waals surface area contributed by atoms with Gasteiger partial charge < -0.3 is 0 Å². The molecule has 26 heavy (non-hydrogen) atoms. The highest BCUT2D eigenvalue weighted by atomic mass is 32.1. The van der Waals surface area contributed by atoms with Gasteiger partial charge in [0.2, 0.25) is 4.77 Å². The Hall–Kier alpha value is -2.50. The molecule has 0 saturated heterocycles. The van der Waals surface area contributed by atoms with Gasteiger partial charge in [0.05, 0.1) is 12.4 Å². The van der Waals surface area contributed by atoms with Crippen LogP contribution in [0, 0.1) is 11.7 Å². The van der Waals surface area contributed by atoms with Gasteiger partial charge in [0.15, 0.2) is 0 Å². The lowest BCUT2D eigenvalue weighted by molar-refractivity contribution is 0.226. The van der Waals surface area contributed by atoms with Crippen molar-refractivity contribution in [3.8, 4) is 5.69 Å². The molecule has 1 aliphatic heterocycles. The molecule has 2 heterocycles. The van der Waals surface area contributed by atoms with E-state index in [9.17, 15) is 0 Å². The summed E-state index contributed by atoms with van der Waals surface area (Å²) in [6, 6.07) is 18.9. The normalized spacial score (nSPS) is 15.0. The maximum atomic E-state index is 5.66. The third kappa shape index (κ3) is 3.41. The zero-order chi connectivity index (χ0) is 17.9. The Morgan fingerprint density at radius 1 is 1.04 bits per heavy atom. The molecule has 0 atom stereocenters. The summed E-state index contributed by atoms with van der Waals surface area (Å²) in [5.74, 6) is 0. The lowest BCUT2D eigenvalue weighted by Gasteiger charge is -2.26. The minimum Gasteiger partial charge on any atom is -0.280 e. The van der Waals surface area contributed by atoms with Gasteiger partial charge in [0, 0.05) is 13.1 Å². The Morgan fingerprint density at radius 2 is 1.81 bits per heavy atom. The highest BCUT2D eigenvalue weighted by Gasteiger charge is 2.15. The molecular formula is C21H22N4S. The monoisotopic (exact) mass is 362 g/mol. The Kier molecular flexibility index (Phi) is 4.82. The number of aromatic nitrogens is 3. The number of hydrogen-bond acceptors (Lipinski definition) is 3. The summed E-state index contributed by atoms with van der Waals surface area (Å²) in [6.45, 7) is 4.74. The van der Waals surface area contributed by atoms with Gasteiger partial charge in [-0.25, -0.2) is 4.68 Å². The van der Waals surface area contributed by atoms with Crippen LogP contribution in [0.25, 0.3) is 11.3 Å². The average molecular weight is 363 g/mol. The SMILES string of the molecule is Cc1ccccc1-n1cnn(CN2CC=C(c3ccccc3)CC2)c1=S. The first-order valence-electron chi connectivity index (χ1n) is 8.89. The third-order valence-corrected chi connectivity index (χ3v) is 5.29. The summed E-state index contributed by atoms with van der Waals surface area (Å²) in [5.41, 5.74) is 5.04. The van der Waals surface area contributed by atoms with E-state index < -0.39 is 0 Å². The molecule has 0 unspecified atom stereocenters. The standard InChI is InChI=1S/C21H22N4S/c1-17-7-5-6-10-20(17)24-15-22-25(21(24)26)16-23-13-11-19(12-14-23)18-8-3-2-4-9-18/h2-11,15H,12-14,16H2,1H3. The van der Waals surface area contributed by atoms with Gasteiger partial charge in [-0.1, -0.05) is 54.6 Å². The second kappa shape index (κ2) is 7.40. The van der Waals surface area contributed by atoms with Crippen LogP contribution >= 0.6 is 12.2 Å². The summed E-state index contributed by atoms with van der Waals surface area (Å²) >= 11 is 5.66. The second-order valence-electron chi connectivity index (χ2n) is 6.63. The van der Waals surface area contributed by atoms with Crippen molar-refractivity contribution in [2.75, 3.05) is 13.1 Å². The highest BCUT2D eigenvalue weighted by molar-refractivity contribution is 7.71. The molecule has 5 heteroatoms. The van der Waals surface area contributed by atoms with Crippen molar-refractivity contribution in [1.29, 1.82) is 0 Å². The zero-order valence-corrected chi connectivity index (χ0v) is 15.7. The van der Waals surface area contributed by atoms with Crippen molar-refractivity contribution in [3.05, 3.63) is 82.9 Å². The molecule has 1 aliphatic rings. The summed E-state index contributed by atoms with van der Waals surface area (Å²) in [7, 11) is 0. The number of benzene rings is 2. The molecule has 0 saturated carbocycles. The highest BCUT2D eigenvalue weighted by Crippen LogP contribution is 2.22. The smallest absolute Gasteiger partial charge is 0.203 e. The molecule has 0 spiro atoms. The van der Waals surface area contributed by atoms with E-state index in [2.05, 4.69) is 65.5 Å². The van der Waals surface area contributed by atoms with Gasteiger partial charge in [-0.2, -0.15) is 5.10 Å². The van der Waals surface area contributed by atoms with Crippen molar-refractivity contribution in [2.45, 2.75) is 20.0 Å². The number of rotatable bonds is 4. The summed E-state index contributed by atoms with van der Waals surface area (Å²) < 4.78 is 4.63. The van der Waals surface area contributed by atoms with E-state index in [1.165, 1.54) is 16.7 Å². The lowest BCUT2D eigenvalue weighted by atomic mass is 10.00. The van der Waals surface area contributed by atoms with Gasteiger partial charge in [-0.3, -0.25) is 9.47 Å². The first-order valence-corrected chi connectivity index (χ1v) is 9.30. The molecule has 2 aromatic carbocycles. The van der Waals surface area contributed by atoms with Crippen LogP contribution in [0.4, 0.5) is 0 Å². The van der Waals surface area contributed by atoms with E-state index in [1.54, 1.807) is 0 Å². The molecule has 3 aromatic rings. The lowest BCUT2D eigenvalue weighted by Crippen LogP contribution is -2.31. The Bertz CT molecular complexity index is 985. The van der Waals surface area contributed by atoms with Crippen LogP contribution in [0.15, 0.2) is 67.0 Å². The van der Waals surface area contributed by atoms with Crippen LogP contribution in [-0.4, -0.2) is 32.3 Å². The van der Waals surface area contributed by atoms with Crippen LogP contribution in [0.2, 0.25) is 0 Å². The van der Waals surface area contributed by atoms with Gasteiger partial charge in [0.1, 0.15) is 6.33 Å². The molecule has 1 aromatic heterocycles. The molecule has 132 valence electrons. The Morgan fingerprint density at radius 3 is 2.54 bits per heavy atom. The van der Waals surface area contributed by atoms with Gasteiger partial charge >= 0.3 is 0 Å². The molecule has 0 amide bonds. The molecule has 4 rings (SSSR count). The van der Waals surface area contributed by atoms with Crippen LogP contribution in [0.5, 0.6) is 0 Å². The Balaban J connectivity index is 1.49. The molecule has 0 bridgehead atoms. The molecule has 0 radical (unpaired) electrons. The molecule has 0 aliphatic carbocycles. The minimum atomic E-state index is 0.719. The third-order valence-electron chi connectivity index (χ3n) is 4.88. The van der Waals surface area contributed by atoms with Crippen molar-refractivity contribution >= 4 is 17.8 Å². The van der Waals surface area contributed by atoms with Crippen molar-refractivity contribution in [3.63, 3.8) is 0 Å². The van der Waals surface area contributed by atoms with E-state index in [4.69, 9.17) is 12.2 Å². The average Bonchev–Trinajstić information content (AvgIpc) is 3.04. The molecule has 0 fully saturated rings. The van der Waals surface area contributed by atoms with Crippen LogP contribution in [0.1, 0.15) is 17.5 Å². The molecule has 0 N–H and O–H groups in total. The predicted molar refractivity (Wildman–Crippen MR) is 108 cm³/mol. The minimum absolute atomic E-state index is 0.719.